The number of rotatable bonds is 4. The molecule has 3 aromatic rings. The molecule has 1 aliphatic heterocycles. The van der Waals surface area contributed by atoms with Gasteiger partial charge in [0.1, 0.15) is 5.82 Å². The first kappa shape index (κ1) is 18.2. The van der Waals surface area contributed by atoms with Crippen LogP contribution in [0.3, 0.4) is 0 Å². The van der Waals surface area contributed by atoms with E-state index in [-0.39, 0.29) is 17.8 Å². The van der Waals surface area contributed by atoms with Gasteiger partial charge in [-0.2, -0.15) is 0 Å². The van der Waals surface area contributed by atoms with Gasteiger partial charge in [-0.25, -0.2) is 4.39 Å². The van der Waals surface area contributed by atoms with Gasteiger partial charge >= 0.3 is 0 Å². The molecule has 0 bridgehead atoms. The van der Waals surface area contributed by atoms with Crippen molar-refractivity contribution in [1.29, 1.82) is 0 Å². The fraction of sp³-hybridized carbons (Fsp3) is 0.208. The number of nitrogens with zero attached hydrogens (tertiary/aromatic N) is 2. The molecule has 1 aromatic heterocycles. The normalized spacial score (nSPS) is 17.1. The highest BCUT2D eigenvalue weighted by Gasteiger charge is 2.38. The fourth-order valence-corrected chi connectivity index (χ4v) is 4.30. The number of para-hydroxylation sites is 1. The van der Waals surface area contributed by atoms with Gasteiger partial charge in [0.05, 0.1) is 11.7 Å². The van der Waals surface area contributed by atoms with E-state index in [0.717, 1.165) is 38.9 Å². The van der Waals surface area contributed by atoms with Crippen molar-refractivity contribution in [1.82, 2.24) is 9.47 Å². The Morgan fingerprint density at radius 3 is 2.46 bits per heavy atom. The van der Waals surface area contributed by atoms with Gasteiger partial charge in [-0.1, -0.05) is 24.3 Å². The van der Waals surface area contributed by atoms with Crippen LogP contribution in [0.15, 0.2) is 72.3 Å². The zero-order valence-electron chi connectivity index (χ0n) is 16.4. The third-order valence-electron chi connectivity index (χ3n) is 5.76. The Morgan fingerprint density at radius 2 is 1.79 bits per heavy atom. The monoisotopic (exact) mass is 374 g/mol. The van der Waals surface area contributed by atoms with Crippen molar-refractivity contribution in [2.75, 3.05) is 6.54 Å². The summed E-state index contributed by atoms with van der Waals surface area (Å²) in [6.45, 7) is 8.22. The van der Waals surface area contributed by atoms with Crippen LogP contribution in [0, 0.1) is 5.82 Å². The number of fused-ring (bicyclic) bond motifs is 1. The molecule has 0 spiro atoms. The van der Waals surface area contributed by atoms with Crippen molar-refractivity contribution in [3.05, 3.63) is 83.7 Å². The van der Waals surface area contributed by atoms with Crippen LogP contribution in [-0.4, -0.2) is 21.9 Å². The first-order chi connectivity index (χ1) is 13.5. The lowest BCUT2D eigenvalue weighted by Crippen LogP contribution is -2.30. The van der Waals surface area contributed by atoms with Gasteiger partial charge in [0.15, 0.2) is 0 Å². The molecule has 142 valence electrons. The van der Waals surface area contributed by atoms with Crippen molar-refractivity contribution in [2.45, 2.75) is 19.9 Å². The Balaban J connectivity index is 2.06. The lowest BCUT2D eigenvalue weighted by molar-refractivity contribution is -0.126. The van der Waals surface area contributed by atoms with Crippen LogP contribution in [0.5, 0.6) is 0 Å². The maximum atomic E-state index is 13.6. The SMILES string of the molecule is C=CCN1C(=O)C(C)=C(C)[C@@H]1c1c(-c2ccc(F)cc2)n(C)c2ccccc12. The number of benzene rings is 2. The number of carbonyl (C=O) groups excluding carboxylic acids is 1. The van der Waals surface area contributed by atoms with E-state index in [2.05, 4.69) is 23.3 Å². The lowest BCUT2D eigenvalue weighted by atomic mass is 9.93. The molecule has 0 aliphatic carbocycles. The molecule has 1 atom stereocenters. The van der Waals surface area contributed by atoms with Crippen LogP contribution >= 0.6 is 0 Å². The van der Waals surface area contributed by atoms with Crippen LogP contribution in [0.25, 0.3) is 22.2 Å². The van der Waals surface area contributed by atoms with Crippen LogP contribution in [-0.2, 0) is 11.8 Å². The molecule has 0 unspecified atom stereocenters. The summed E-state index contributed by atoms with van der Waals surface area (Å²) in [6.07, 6.45) is 1.76. The van der Waals surface area contributed by atoms with E-state index in [9.17, 15) is 9.18 Å². The highest BCUT2D eigenvalue weighted by Crippen LogP contribution is 2.45. The summed E-state index contributed by atoms with van der Waals surface area (Å²) in [4.78, 5) is 14.8. The summed E-state index contributed by atoms with van der Waals surface area (Å²) in [6, 6.07) is 14.6. The highest BCUT2D eigenvalue weighted by atomic mass is 19.1. The van der Waals surface area contributed by atoms with Gasteiger partial charge in [-0.15, -0.1) is 6.58 Å². The van der Waals surface area contributed by atoms with E-state index >= 15 is 0 Å². The van der Waals surface area contributed by atoms with Gasteiger partial charge in [-0.3, -0.25) is 4.79 Å². The van der Waals surface area contributed by atoms with Gasteiger partial charge in [0.2, 0.25) is 0 Å². The minimum absolute atomic E-state index is 0.0420. The second-order valence-electron chi connectivity index (χ2n) is 7.30. The van der Waals surface area contributed by atoms with E-state index in [1.807, 2.05) is 37.9 Å². The van der Waals surface area contributed by atoms with E-state index in [0.29, 0.717) is 6.54 Å². The summed E-state index contributed by atoms with van der Waals surface area (Å²) >= 11 is 0. The molecule has 0 fully saturated rings. The molecule has 3 nitrogen and oxygen atoms in total. The van der Waals surface area contributed by atoms with Crippen LogP contribution in [0.4, 0.5) is 4.39 Å². The smallest absolute Gasteiger partial charge is 0.250 e. The van der Waals surface area contributed by atoms with E-state index in [4.69, 9.17) is 0 Å². The average Bonchev–Trinajstić information content (AvgIpc) is 3.10. The zero-order valence-corrected chi connectivity index (χ0v) is 16.4. The third kappa shape index (κ3) is 2.60. The first-order valence-corrected chi connectivity index (χ1v) is 9.38. The lowest BCUT2D eigenvalue weighted by Gasteiger charge is -2.27. The minimum Gasteiger partial charge on any atom is -0.343 e. The fourth-order valence-electron chi connectivity index (χ4n) is 4.30. The Hall–Kier alpha value is -3.14. The molecular weight excluding hydrogens is 351 g/mol. The van der Waals surface area contributed by atoms with E-state index in [1.165, 1.54) is 12.1 Å². The topological polar surface area (TPSA) is 25.2 Å². The summed E-state index contributed by atoms with van der Waals surface area (Å²) in [5.41, 5.74) is 5.92. The third-order valence-corrected chi connectivity index (χ3v) is 5.76. The summed E-state index contributed by atoms with van der Waals surface area (Å²) < 4.78 is 15.7. The van der Waals surface area contributed by atoms with Gasteiger partial charge in [0.25, 0.3) is 5.91 Å². The Kier molecular flexibility index (Phi) is 4.42. The molecule has 4 heteroatoms. The van der Waals surface area contributed by atoms with E-state index in [1.54, 1.807) is 18.2 Å². The molecule has 0 N–H and O–H groups in total. The molecule has 28 heavy (non-hydrogen) atoms. The predicted octanol–water partition coefficient (Wildman–Crippen LogP) is 5.39. The second-order valence-corrected chi connectivity index (χ2v) is 7.30. The number of aromatic nitrogens is 1. The molecule has 2 heterocycles. The van der Waals surface area contributed by atoms with Crippen LogP contribution < -0.4 is 0 Å². The number of amides is 1. The number of carbonyl (C=O) groups is 1. The second kappa shape index (κ2) is 6.79. The van der Waals surface area contributed by atoms with Crippen molar-refractivity contribution in [2.24, 2.45) is 7.05 Å². The van der Waals surface area contributed by atoms with E-state index < -0.39 is 0 Å². The van der Waals surface area contributed by atoms with Crippen molar-refractivity contribution in [3.63, 3.8) is 0 Å². The Labute approximate surface area is 164 Å². The maximum Gasteiger partial charge on any atom is 0.250 e. The van der Waals surface area contributed by atoms with Gasteiger partial charge in [0, 0.05) is 35.6 Å². The average molecular weight is 374 g/mol. The van der Waals surface area contributed by atoms with Crippen molar-refractivity contribution in [3.8, 4) is 11.3 Å². The predicted molar refractivity (Wildman–Crippen MR) is 111 cm³/mol. The molecule has 1 aliphatic rings. The summed E-state index contributed by atoms with van der Waals surface area (Å²) in [7, 11) is 2.02. The van der Waals surface area contributed by atoms with Crippen LogP contribution in [0.2, 0.25) is 0 Å². The van der Waals surface area contributed by atoms with Gasteiger partial charge in [-0.05, 0) is 55.3 Å². The minimum atomic E-state index is -0.264. The standard InChI is InChI=1S/C24H23FN2O/c1-5-14-27-22(15(2)16(3)24(27)28)21-19-8-6-7-9-20(19)26(4)23(21)17-10-12-18(25)13-11-17/h5-13,22H,1,14H2,2-4H3/t22-/m1/s1. The Morgan fingerprint density at radius 1 is 1.11 bits per heavy atom. The highest BCUT2D eigenvalue weighted by molar-refractivity contribution is 6.00. The first-order valence-electron chi connectivity index (χ1n) is 9.38. The number of hydrogen-bond donors (Lipinski definition) is 0. The summed E-state index contributed by atoms with van der Waals surface area (Å²) in [5, 5.41) is 1.10. The molecule has 4 rings (SSSR count). The molecule has 0 radical (unpaired) electrons. The number of aryl methyl sites for hydroxylation is 1. The summed E-state index contributed by atoms with van der Waals surface area (Å²) in [5.74, 6) is -0.222. The molecular formula is C24H23FN2O. The number of hydrogen-bond acceptors (Lipinski definition) is 1. The molecule has 2 aromatic carbocycles. The molecule has 1 amide bonds. The molecule has 0 saturated carbocycles. The largest absolute Gasteiger partial charge is 0.343 e. The van der Waals surface area contributed by atoms with Crippen molar-refractivity contribution < 1.29 is 9.18 Å². The van der Waals surface area contributed by atoms with Crippen LogP contribution in [0.1, 0.15) is 25.5 Å². The number of halogens is 1. The quantitative estimate of drug-likeness (QED) is 0.562. The van der Waals surface area contributed by atoms with Gasteiger partial charge < -0.3 is 9.47 Å². The Bertz CT molecular complexity index is 1120. The molecule has 0 saturated heterocycles. The zero-order chi connectivity index (χ0) is 20.0. The maximum absolute atomic E-state index is 13.6. The van der Waals surface area contributed by atoms with Crippen molar-refractivity contribution >= 4 is 16.8 Å².